The number of thiazole rings is 1. The fourth-order valence-electron chi connectivity index (χ4n) is 0.319. The molecule has 1 aromatic rings. The van der Waals surface area contributed by atoms with Gasteiger partial charge in [-0.05, 0) is 0 Å². The van der Waals surface area contributed by atoms with Crippen LogP contribution in [0.25, 0.3) is 0 Å². The Balaban J connectivity index is 2.90. The summed E-state index contributed by atoms with van der Waals surface area (Å²) in [6.45, 7) is 0. The third-order valence-corrected chi connectivity index (χ3v) is 1.18. The highest BCUT2D eigenvalue weighted by molar-refractivity contribution is 7.07. The van der Waals surface area contributed by atoms with Crippen molar-refractivity contribution < 1.29 is 13.2 Å². The van der Waals surface area contributed by atoms with Gasteiger partial charge in [-0.2, -0.15) is 13.2 Å². The van der Waals surface area contributed by atoms with Gasteiger partial charge in [0, 0.05) is 0 Å². The van der Waals surface area contributed by atoms with Crippen molar-refractivity contribution in [3.8, 4) is 0 Å². The lowest BCUT2D eigenvalue weighted by molar-refractivity contribution is -0.140. The second-order valence-corrected chi connectivity index (χ2v) is 1.95. The zero-order valence-corrected chi connectivity index (χ0v) is 4.88. The van der Waals surface area contributed by atoms with Crippen LogP contribution in [0.4, 0.5) is 13.2 Å². The third kappa shape index (κ3) is 1.41. The summed E-state index contributed by atoms with van der Waals surface area (Å²) < 4.78 is 34.6. The van der Waals surface area contributed by atoms with Crippen molar-refractivity contribution in [3.63, 3.8) is 0 Å². The van der Waals surface area contributed by atoms with Gasteiger partial charge in [0.25, 0.3) is 0 Å². The van der Waals surface area contributed by atoms with Crippen LogP contribution < -0.4 is 0 Å². The molecule has 0 saturated carbocycles. The van der Waals surface area contributed by atoms with E-state index in [-0.39, 0.29) is 0 Å². The van der Waals surface area contributed by atoms with Crippen LogP contribution in [0.15, 0.2) is 5.51 Å². The summed E-state index contributed by atoms with van der Waals surface area (Å²) in [5.74, 6) is 0. The molecule has 9 heavy (non-hydrogen) atoms. The first kappa shape index (κ1) is 6.54. The summed E-state index contributed by atoms with van der Waals surface area (Å²) in [6.07, 6.45) is -4.33. The highest BCUT2D eigenvalue weighted by Crippen LogP contribution is 2.27. The second kappa shape index (κ2) is 1.98. The summed E-state index contributed by atoms with van der Waals surface area (Å²) in [7, 11) is 0. The Labute approximate surface area is 53.2 Å². The van der Waals surface area contributed by atoms with Gasteiger partial charge in [-0.3, -0.25) is 0 Å². The maximum absolute atomic E-state index is 11.5. The number of halogens is 3. The van der Waals surface area contributed by atoms with E-state index in [1.54, 1.807) is 0 Å². The SMILES string of the molecule is FC(F)(F)c1[c]scn1. The molecule has 5 heteroatoms. The van der Waals surface area contributed by atoms with Crippen LogP contribution in [-0.2, 0) is 6.18 Å². The predicted molar refractivity (Wildman–Crippen MR) is 26.0 cm³/mol. The minimum Gasteiger partial charge on any atom is -0.240 e. The zero-order valence-electron chi connectivity index (χ0n) is 4.07. The van der Waals surface area contributed by atoms with Crippen LogP contribution in [0.3, 0.4) is 0 Å². The lowest BCUT2D eigenvalue weighted by atomic mass is 10.5. The van der Waals surface area contributed by atoms with Crippen LogP contribution in [0.2, 0.25) is 0 Å². The summed E-state index contributed by atoms with van der Waals surface area (Å²) in [6, 6.07) is 0. The summed E-state index contributed by atoms with van der Waals surface area (Å²) in [4.78, 5) is 3.03. The summed E-state index contributed by atoms with van der Waals surface area (Å²) in [5.41, 5.74) is 0.163. The molecule has 0 bridgehead atoms. The molecule has 0 amide bonds. The van der Waals surface area contributed by atoms with Crippen LogP contribution in [0.5, 0.6) is 0 Å². The molecule has 0 spiro atoms. The third-order valence-electron chi connectivity index (χ3n) is 0.659. The van der Waals surface area contributed by atoms with E-state index in [4.69, 9.17) is 0 Å². The van der Waals surface area contributed by atoms with E-state index in [2.05, 4.69) is 4.98 Å². The molecule has 1 rings (SSSR count). The van der Waals surface area contributed by atoms with Crippen molar-refractivity contribution in [1.29, 1.82) is 0 Å². The quantitative estimate of drug-likeness (QED) is 0.553. The molecule has 1 nitrogen and oxygen atoms in total. The molecule has 1 radical (unpaired) electrons. The molecule has 0 fully saturated rings. The topological polar surface area (TPSA) is 12.9 Å². The molecule has 0 aliphatic heterocycles. The highest BCUT2D eigenvalue weighted by Gasteiger charge is 2.32. The number of hydrogen-bond donors (Lipinski definition) is 0. The van der Waals surface area contributed by atoms with E-state index in [0.29, 0.717) is 0 Å². The first-order valence-electron chi connectivity index (χ1n) is 1.99. The van der Waals surface area contributed by atoms with Crippen molar-refractivity contribution in [2.75, 3.05) is 0 Å². The maximum atomic E-state index is 11.5. The Hall–Kier alpha value is -0.580. The fourth-order valence-corrected chi connectivity index (χ4v) is 0.810. The number of alkyl halides is 3. The van der Waals surface area contributed by atoms with Crippen LogP contribution >= 0.6 is 11.3 Å². The average molecular weight is 152 g/mol. The predicted octanol–water partition coefficient (Wildman–Crippen LogP) is 1.96. The molecule has 0 aliphatic rings. The zero-order chi connectivity index (χ0) is 6.91. The van der Waals surface area contributed by atoms with Crippen LogP contribution in [-0.4, -0.2) is 4.98 Å². The Kier molecular flexibility index (Phi) is 1.44. The van der Waals surface area contributed by atoms with Gasteiger partial charge in [-0.15, -0.1) is 11.3 Å². The fraction of sp³-hybridized carbons (Fsp3) is 0.250. The largest absolute Gasteiger partial charge is 0.434 e. The van der Waals surface area contributed by atoms with Gasteiger partial charge in [-0.25, -0.2) is 4.98 Å². The van der Waals surface area contributed by atoms with Crippen molar-refractivity contribution >= 4 is 11.3 Å². The molecule has 1 heterocycles. The Morgan fingerprint density at radius 3 is 2.44 bits per heavy atom. The van der Waals surface area contributed by atoms with E-state index in [1.807, 2.05) is 5.38 Å². The average Bonchev–Trinajstić information content (AvgIpc) is 2.08. The first-order valence-corrected chi connectivity index (χ1v) is 2.87. The van der Waals surface area contributed by atoms with E-state index in [1.165, 1.54) is 0 Å². The van der Waals surface area contributed by atoms with E-state index in [0.717, 1.165) is 16.8 Å². The molecule has 0 unspecified atom stereocenters. The van der Waals surface area contributed by atoms with Gasteiger partial charge in [0.05, 0.1) is 10.9 Å². The molecule has 0 saturated heterocycles. The maximum Gasteiger partial charge on any atom is 0.434 e. The molecule has 0 atom stereocenters. The van der Waals surface area contributed by atoms with Gasteiger partial charge in [-0.1, -0.05) is 0 Å². The molecular weight excluding hydrogens is 151 g/mol. The highest BCUT2D eigenvalue weighted by atomic mass is 32.1. The standard InChI is InChI=1S/C4HF3NS/c5-4(6,7)3-1-9-2-8-3/h2H. The first-order chi connectivity index (χ1) is 4.11. The van der Waals surface area contributed by atoms with Crippen molar-refractivity contribution in [3.05, 3.63) is 16.6 Å². The second-order valence-electron chi connectivity index (χ2n) is 1.30. The lowest BCUT2D eigenvalue weighted by Crippen LogP contribution is -2.04. The van der Waals surface area contributed by atoms with Crippen molar-refractivity contribution in [1.82, 2.24) is 4.98 Å². The minimum absolute atomic E-state index is 0.810. The van der Waals surface area contributed by atoms with Gasteiger partial charge in [0.2, 0.25) is 0 Å². The van der Waals surface area contributed by atoms with Crippen LogP contribution in [0, 0.1) is 5.38 Å². The van der Waals surface area contributed by atoms with Crippen molar-refractivity contribution in [2.45, 2.75) is 6.18 Å². The Morgan fingerprint density at radius 2 is 2.22 bits per heavy atom. The summed E-state index contributed by atoms with van der Waals surface area (Å²) in [5, 5.41) is 1.98. The summed E-state index contributed by atoms with van der Waals surface area (Å²) >= 11 is 0.810. The minimum atomic E-state index is -4.33. The Bertz CT molecular complexity index is 178. The molecule has 1 aromatic heterocycles. The molecule has 49 valence electrons. The molecule has 0 N–H and O–H groups in total. The number of rotatable bonds is 0. The van der Waals surface area contributed by atoms with E-state index in [9.17, 15) is 13.2 Å². The van der Waals surface area contributed by atoms with Crippen LogP contribution in [0.1, 0.15) is 5.69 Å². The smallest absolute Gasteiger partial charge is 0.240 e. The Morgan fingerprint density at radius 1 is 1.56 bits per heavy atom. The van der Waals surface area contributed by atoms with E-state index >= 15 is 0 Å². The number of nitrogens with zero attached hydrogens (tertiary/aromatic N) is 1. The van der Waals surface area contributed by atoms with Gasteiger partial charge in [0.1, 0.15) is 0 Å². The molecular formula is C4HF3NS. The van der Waals surface area contributed by atoms with E-state index < -0.39 is 11.9 Å². The molecule has 0 aromatic carbocycles. The number of hydrogen-bond acceptors (Lipinski definition) is 2. The number of aromatic nitrogens is 1. The van der Waals surface area contributed by atoms with Crippen molar-refractivity contribution in [2.24, 2.45) is 0 Å². The molecule has 0 aliphatic carbocycles. The van der Waals surface area contributed by atoms with Gasteiger partial charge in [0.15, 0.2) is 5.69 Å². The normalized spacial score (nSPS) is 11.9. The van der Waals surface area contributed by atoms with Gasteiger partial charge < -0.3 is 0 Å². The van der Waals surface area contributed by atoms with Gasteiger partial charge >= 0.3 is 6.18 Å². The lowest BCUT2D eigenvalue weighted by Gasteiger charge is -1.97. The monoisotopic (exact) mass is 152 g/mol.